The molecule has 0 radical (unpaired) electrons. The summed E-state index contributed by atoms with van der Waals surface area (Å²) < 4.78 is 12.2. The van der Waals surface area contributed by atoms with Crippen molar-refractivity contribution in [1.29, 1.82) is 0 Å². The molecular weight excluding hydrogens is 943 g/mol. The van der Waals surface area contributed by atoms with Crippen LogP contribution in [0.5, 0.6) is 0 Å². The minimum absolute atomic E-state index is 0.240. The first-order valence-electron chi connectivity index (χ1n) is 19.8. The zero-order chi connectivity index (χ0) is 42.0. The van der Waals surface area contributed by atoms with Gasteiger partial charge in [0.2, 0.25) is 0 Å². The van der Waals surface area contributed by atoms with Crippen LogP contribution >= 0.6 is 66.7 Å². The van der Waals surface area contributed by atoms with E-state index in [9.17, 15) is 9.59 Å². The van der Waals surface area contributed by atoms with E-state index in [0.29, 0.717) is 65.8 Å². The molecule has 4 aliphatic rings. The lowest BCUT2D eigenvalue weighted by molar-refractivity contribution is 0.103. The van der Waals surface area contributed by atoms with E-state index in [1.807, 2.05) is 44.4 Å². The van der Waals surface area contributed by atoms with Crippen molar-refractivity contribution in [2.24, 2.45) is 0 Å². The van der Waals surface area contributed by atoms with Gasteiger partial charge in [-0.25, -0.2) is 9.59 Å². The largest absolute Gasteiger partial charge is 0.450 e. The second-order valence-electron chi connectivity index (χ2n) is 14.8. The van der Waals surface area contributed by atoms with Gasteiger partial charge in [0, 0.05) is 64.2 Å². The topological polar surface area (TPSA) is 137 Å². The molecule has 2 aromatic heterocycles. The lowest BCUT2D eigenvalue weighted by Gasteiger charge is -2.30. The summed E-state index contributed by atoms with van der Waals surface area (Å²) in [5, 5.41) is 1.54. The van der Waals surface area contributed by atoms with E-state index in [0.717, 1.165) is 105 Å². The predicted octanol–water partition coefficient (Wildman–Crippen LogP) is 11.1. The Bertz CT molecular complexity index is 2370. The summed E-state index contributed by atoms with van der Waals surface area (Å²) in [6.07, 6.45) is 9.57. The van der Waals surface area contributed by atoms with Gasteiger partial charge in [-0.3, -0.25) is 9.97 Å². The number of benzene rings is 2. The number of likely N-dealkylation sites (tertiary alicyclic amines) is 2. The number of carbonyl (C=O) groups excluding carboxylic acids is 2. The molecular formula is C44H45Br2Cl3N6O4. The van der Waals surface area contributed by atoms with E-state index in [2.05, 4.69) is 44.0 Å². The van der Waals surface area contributed by atoms with Gasteiger partial charge >= 0.3 is 12.2 Å². The molecule has 0 unspecified atom stereocenters. The number of hydrogen-bond donors (Lipinski definition) is 2. The quantitative estimate of drug-likeness (QED) is 0.190. The minimum Gasteiger partial charge on any atom is -0.450 e. The summed E-state index contributed by atoms with van der Waals surface area (Å²) >= 11 is 26.5. The van der Waals surface area contributed by atoms with Crippen molar-refractivity contribution in [2.45, 2.75) is 65.2 Å². The van der Waals surface area contributed by atoms with E-state index in [1.165, 1.54) is 22.3 Å². The standard InChI is InChI=1S/C22H22BrCl2N3O2.C22H23BrClN3O2/c1-2-30-22(29)28-7-5-12(6-8-28)18-17-13(10-16(24)20(26)19(17)25)3-4-14-9-15(23)11-27-21(14)18;1-2-29-22(28)27-7-5-13(6-8-27)20-17-11-19(25)18(24)10-14(17)3-4-15-9-16(23)12-26-21(15)20/h9-11H,2-8,26H2,1H3;9-12H,2-8,25H2,1H3. The van der Waals surface area contributed by atoms with Crippen LogP contribution in [0.1, 0.15) is 84.3 Å². The van der Waals surface area contributed by atoms with Gasteiger partial charge in [0.1, 0.15) is 0 Å². The van der Waals surface area contributed by atoms with Crippen molar-refractivity contribution in [1.82, 2.24) is 19.8 Å². The Morgan fingerprint density at radius 2 is 1.10 bits per heavy atom. The number of pyridine rings is 2. The summed E-state index contributed by atoms with van der Waals surface area (Å²) in [5.74, 6) is 0. The molecule has 15 heteroatoms. The van der Waals surface area contributed by atoms with Crippen molar-refractivity contribution in [2.75, 3.05) is 50.9 Å². The summed E-state index contributed by atoms with van der Waals surface area (Å²) in [6.45, 7) is 6.88. The summed E-state index contributed by atoms with van der Waals surface area (Å²) in [5.41, 5.74) is 26.6. The molecule has 0 saturated carbocycles. The van der Waals surface area contributed by atoms with Crippen LogP contribution in [0.3, 0.4) is 0 Å². The van der Waals surface area contributed by atoms with Gasteiger partial charge in [0.25, 0.3) is 0 Å². The second-order valence-corrected chi connectivity index (χ2v) is 17.8. The minimum atomic E-state index is -0.265. The maximum atomic E-state index is 12.1. The zero-order valence-electron chi connectivity index (χ0n) is 32.9. The van der Waals surface area contributed by atoms with Gasteiger partial charge in [-0.2, -0.15) is 0 Å². The molecule has 2 aliphatic carbocycles. The molecule has 310 valence electrons. The Labute approximate surface area is 376 Å². The van der Waals surface area contributed by atoms with Crippen molar-refractivity contribution in [3.8, 4) is 0 Å². The number of aryl methyl sites for hydroxylation is 4. The Hall–Kier alpha value is -3.81. The smallest absolute Gasteiger partial charge is 0.409 e. The van der Waals surface area contributed by atoms with Crippen LogP contribution in [-0.2, 0) is 35.2 Å². The number of amides is 2. The van der Waals surface area contributed by atoms with Crippen molar-refractivity contribution >= 4 is 101 Å². The number of rotatable bonds is 2. The molecule has 2 aliphatic heterocycles. The molecule has 2 aromatic carbocycles. The zero-order valence-corrected chi connectivity index (χ0v) is 38.3. The van der Waals surface area contributed by atoms with Gasteiger partial charge in [-0.1, -0.05) is 45.9 Å². The first-order chi connectivity index (χ1) is 28.4. The van der Waals surface area contributed by atoms with Crippen LogP contribution in [0, 0.1) is 0 Å². The van der Waals surface area contributed by atoms with E-state index in [-0.39, 0.29) is 12.2 Å². The highest BCUT2D eigenvalue weighted by molar-refractivity contribution is 9.10. The number of aromatic nitrogens is 2. The highest BCUT2D eigenvalue weighted by Gasteiger charge is 2.31. The molecule has 2 amide bonds. The molecule has 2 saturated heterocycles. The monoisotopic (exact) mass is 984 g/mol. The maximum Gasteiger partial charge on any atom is 0.409 e. The number of halogens is 5. The number of piperidine rings is 2. The number of nitrogen functional groups attached to an aromatic ring is 2. The number of ether oxygens (including phenoxy) is 2. The van der Waals surface area contributed by atoms with Crippen LogP contribution in [-0.4, -0.2) is 71.3 Å². The average molecular weight is 988 g/mol. The molecule has 2 fully saturated rings. The molecule has 10 nitrogen and oxygen atoms in total. The summed E-state index contributed by atoms with van der Waals surface area (Å²) in [7, 11) is 0. The number of hydrogen-bond acceptors (Lipinski definition) is 8. The van der Waals surface area contributed by atoms with Gasteiger partial charge < -0.3 is 30.7 Å². The van der Waals surface area contributed by atoms with Gasteiger partial charge in [0.15, 0.2) is 0 Å². The predicted molar refractivity (Wildman–Crippen MR) is 243 cm³/mol. The average Bonchev–Trinajstić information content (AvgIpc) is 3.48. The van der Waals surface area contributed by atoms with Gasteiger partial charge in [-0.15, -0.1) is 0 Å². The third-order valence-electron chi connectivity index (χ3n) is 11.2. The van der Waals surface area contributed by atoms with Gasteiger partial charge in [-0.05, 0) is 155 Å². The maximum absolute atomic E-state index is 12.1. The lowest BCUT2D eigenvalue weighted by Crippen LogP contribution is -2.37. The molecule has 4 heterocycles. The molecule has 4 N–H and O–H groups in total. The first-order valence-corrected chi connectivity index (χ1v) is 22.5. The Morgan fingerprint density at radius 1 is 0.644 bits per heavy atom. The summed E-state index contributed by atoms with van der Waals surface area (Å²) in [4.78, 5) is 37.3. The van der Waals surface area contributed by atoms with E-state index < -0.39 is 0 Å². The summed E-state index contributed by atoms with van der Waals surface area (Å²) in [6, 6.07) is 10.2. The van der Waals surface area contributed by atoms with Crippen molar-refractivity contribution in [3.05, 3.63) is 123 Å². The fourth-order valence-corrected chi connectivity index (χ4v) is 9.89. The van der Waals surface area contributed by atoms with E-state index in [4.69, 9.17) is 65.7 Å². The van der Waals surface area contributed by atoms with Crippen LogP contribution in [0.25, 0.3) is 11.1 Å². The number of nitrogens with zero attached hydrogens (tertiary/aromatic N) is 4. The van der Waals surface area contributed by atoms with Crippen LogP contribution in [0.2, 0.25) is 15.1 Å². The molecule has 4 aromatic rings. The number of fused-ring (bicyclic) bond motifs is 4. The number of anilines is 2. The van der Waals surface area contributed by atoms with Crippen molar-refractivity contribution < 1.29 is 19.1 Å². The number of carbonyl (C=O) groups is 2. The SMILES string of the molecule is CCOC(=O)N1CCC(=C2c3cc(N)c(Cl)cc3CCc3cc(Br)cnc32)CC1.CCOC(=O)N1CCC(=C2c3ncc(Br)cc3CCc3cc(Cl)c(N)c(Cl)c32)CC1. The molecule has 8 rings (SSSR count). The fourth-order valence-electron chi connectivity index (χ4n) is 8.35. The Balaban J connectivity index is 0.000000179. The normalized spacial score (nSPS) is 16.1. The van der Waals surface area contributed by atoms with Crippen LogP contribution < -0.4 is 11.5 Å². The second kappa shape index (κ2) is 18.8. The molecule has 0 spiro atoms. The first kappa shape index (κ1) is 43.3. The Morgan fingerprint density at radius 3 is 1.63 bits per heavy atom. The Kier molecular flexibility index (Phi) is 13.8. The van der Waals surface area contributed by atoms with E-state index in [1.54, 1.807) is 9.80 Å². The van der Waals surface area contributed by atoms with E-state index >= 15 is 0 Å². The highest BCUT2D eigenvalue weighted by Crippen LogP contribution is 2.46. The third-order valence-corrected chi connectivity index (χ3v) is 13.1. The van der Waals surface area contributed by atoms with Crippen molar-refractivity contribution in [3.63, 3.8) is 0 Å². The lowest BCUT2D eigenvalue weighted by atomic mass is 9.88. The highest BCUT2D eigenvalue weighted by atomic mass is 79.9. The fraction of sp³-hybridized carbons (Fsp3) is 0.364. The van der Waals surface area contributed by atoms with Crippen LogP contribution in [0.15, 0.2) is 62.8 Å². The molecule has 0 bridgehead atoms. The van der Waals surface area contributed by atoms with Crippen LogP contribution in [0.4, 0.5) is 21.0 Å². The molecule has 0 atom stereocenters. The number of nitrogens with two attached hydrogens (primary N) is 2. The molecule has 59 heavy (non-hydrogen) atoms. The third kappa shape index (κ3) is 9.27. The van der Waals surface area contributed by atoms with Gasteiger partial charge in [0.05, 0.1) is 51.0 Å².